The van der Waals surface area contributed by atoms with Crippen molar-refractivity contribution in [2.24, 2.45) is 0 Å². The molecule has 0 saturated carbocycles. The summed E-state index contributed by atoms with van der Waals surface area (Å²) in [6, 6.07) is 6.07. The van der Waals surface area contributed by atoms with Gasteiger partial charge in [0.25, 0.3) is 0 Å². The molecule has 0 bridgehead atoms. The smallest absolute Gasteiger partial charge is 0.144 e. The number of hydrogen-bond donors (Lipinski definition) is 1. The van der Waals surface area contributed by atoms with E-state index in [9.17, 15) is 0 Å². The van der Waals surface area contributed by atoms with E-state index >= 15 is 0 Å². The maximum atomic E-state index is 5.46. The van der Waals surface area contributed by atoms with Crippen LogP contribution in [0.25, 0.3) is 0 Å². The molecule has 106 valence electrons. The minimum Gasteiger partial charge on any atom is -0.496 e. The van der Waals surface area contributed by atoms with Crippen LogP contribution < -0.4 is 10.1 Å². The summed E-state index contributed by atoms with van der Waals surface area (Å²) in [7, 11) is 1.67. The number of methoxy groups -OCH3 is 1. The standard InChI is InChI=1S/C15H19N3O2/c1-3-20-11-13-8-12(4-5-14(13)19-2)9-18-15-10-16-6-7-17-15/h4-8,10H,3,9,11H2,1-2H3,(H,17,18). The van der Waals surface area contributed by atoms with Crippen molar-refractivity contribution in [2.75, 3.05) is 19.0 Å². The second-order valence-corrected chi connectivity index (χ2v) is 4.23. The Bertz CT molecular complexity index is 532. The Labute approximate surface area is 119 Å². The highest BCUT2D eigenvalue weighted by atomic mass is 16.5. The lowest BCUT2D eigenvalue weighted by Gasteiger charge is -2.11. The highest BCUT2D eigenvalue weighted by Gasteiger charge is 2.05. The molecule has 0 saturated heterocycles. The largest absolute Gasteiger partial charge is 0.496 e. The molecule has 0 aliphatic rings. The first-order valence-electron chi connectivity index (χ1n) is 6.57. The summed E-state index contributed by atoms with van der Waals surface area (Å²) in [6.45, 7) is 3.90. The van der Waals surface area contributed by atoms with Gasteiger partial charge in [0, 0.05) is 31.1 Å². The fraction of sp³-hybridized carbons (Fsp3) is 0.333. The number of anilines is 1. The van der Waals surface area contributed by atoms with Gasteiger partial charge in [0.05, 0.1) is 19.9 Å². The van der Waals surface area contributed by atoms with Gasteiger partial charge in [0.15, 0.2) is 0 Å². The van der Waals surface area contributed by atoms with E-state index in [1.54, 1.807) is 25.7 Å². The molecule has 0 aliphatic heterocycles. The summed E-state index contributed by atoms with van der Waals surface area (Å²) in [4.78, 5) is 8.19. The summed E-state index contributed by atoms with van der Waals surface area (Å²) >= 11 is 0. The van der Waals surface area contributed by atoms with Crippen LogP contribution in [0.5, 0.6) is 5.75 Å². The van der Waals surface area contributed by atoms with E-state index in [2.05, 4.69) is 21.4 Å². The van der Waals surface area contributed by atoms with Crippen molar-refractivity contribution < 1.29 is 9.47 Å². The average molecular weight is 273 g/mol. The van der Waals surface area contributed by atoms with Crippen LogP contribution in [0.1, 0.15) is 18.1 Å². The summed E-state index contributed by atoms with van der Waals surface area (Å²) in [5.74, 6) is 1.61. The second-order valence-electron chi connectivity index (χ2n) is 4.23. The third kappa shape index (κ3) is 3.93. The van der Waals surface area contributed by atoms with Gasteiger partial charge in [-0.25, -0.2) is 4.98 Å². The average Bonchev–Trinajstić information content (AvgIpc) is 2.52. The van der Waals surface area contributed by atoms with Crippen LogP contribution in [0, 0.1) is 0 Å². The zero-order valence-corrected chi connectivity index (χ0v) is 11.8. The van der Waals surface area contributed by atoms with Gasteiger partial charge in [-0.05, 0) is 24.6 Å². The van der Waals surface area contributed by atoms with E-state index in [-0.39, 0.29) is 0 Å². The van der Waals surface area contributed by atoms with E-state index in [1.807, 2.05) is 19.1 Å². The molecular formula is C15H19N3O2. The van der Waals surface area contributed by atoms with Gasteiger partial charge in [-0.3, -0.25) is 4.98 Å². The molecule has 1 heterocycles. The molecule has 5 heteroatoms. The van der Waals surface area contributed by atoms with Crippen molar-refractivity contribution >= 4 is 5.82 Å². The van der Waals surface area contributed by atoms with Crippen LogP contribution in [-0.2, 0) is 17.9 Å². The third-order valence-corrected chi connectivity index (χ3v) is 2.84. The van der Waals surface area contributed by atoms with Crippen LogP contribution in [0.3, 0.4) is 0 Å². The van der Waals surface area contributed by atoms with Crippen molar-refractivity contribution in [1.82, 2.24) is 9.97 Å². The van der Waals surface area contributed by atoms with E-state index in [0.717, 1.165) is 22.7 Å². The molecule has 2 rings (SSSR count). The number of nitrogens with zero attached hydrogens (tertiary/aromatic N) is 2. The van der Waals surface area contributed by atoms with Crippen molar-refractivity contribution in [2.45, 2.75) is 20.1 Å². The first-order valence-corrected chi connectivity index (χ1v) is 6.57. The van der Waals surface area contributed by atoms with Crippen LogP contribution in [0.2, 0.25) is 0 Å². The number of nitrogens with one attached hydrogen (secondary N) is 1. The second kappa shape index (κ2) is 7.45. The Morgan fingerprint density at radius 2 is 2.15 bits per heavy atom. The molecule has 0 unspecified atom stereocenters. The molecule has 1 aromatic carbocycles. The number of hydrogen-bond acceptors (Lipinski definition) is 5. The van der Waals surface area contributed by atoms with Crippen LogP contribution in [0.15, 0.2) is 36.8 Å². The quantitative estimate of drug-likeness (QED) is 0.840. The highest BCUT2D eigenvalue weighted by Crippen LogP contribution is 2.21. The zero-order valence-electron chi connectivity index (χ0n) is 11.8. The van der Waals surface area contributed by atoms with Crippen molar-refractivity contribution in [3.8, 4) is 5.75 Å². The number of aromatic nitrogens is 2. The van der Waals surface area contributed by atoms with E-state index in [1.165, 1.54) is 0 Å². The van der Waals surface area contributed by atoms with Gasteiger partial charge in [0.1, 0.15) is 11.6 Å². The molecule has 0 aliphatic carbocycles. The SMILES string of the molecule is CCOCc1cc(CNc2cnccn2)ccc1OC. The van der Waals surface area contributed by atoms with Gasteiger partial charge in [-0.1, -0.05) is 6.07 Å². The van der Waals surface area contributed by atoms with Gasteiger partial charge in [0.2, 0.25) is 0 Å². The highest BCUT2D eigenvalue weighted by molar-refractivity contribution is 5.39. The van der Waals surface area contributed by atoms with Crippen LogP contribution in [0.4, 0.5) is 5.82 Å². The van der Waals surface area contributed by atoms with E-state index < -0.39 is 0 Å². The van der Waals surface area contributed by atoms with Gasteiger partial charge < -0.3 is 14.8 Å². The lowest BCUT2D eigenvalue weighted by Crippen LogP contribution is -2.03. The minimum atomic E-state index is 0.554. The fourth-order valence-corrected chi connectivity index (χ4v) is 1.85. The van der Waals surface area contributed by atoms with E-state index in [0.29, 0.717) is 19.8 Å². The monoisotopic (exact) mass is 273 g/mol. The molecule has 0 amide bonds. The molecule has 0 fully saturated rings. The summed E-state index contributed by atoms with van der Waals surface area (Å²) in [6.07, 6.45) is 5.01. The summed E-state index contributed by atoms with van der Waals surface area (Å²) in [5, 5.41) is 3.23. The van der Waals surface area contributed by atoms with E-state index in [4.69, 9.17) is 9.47 Å². The van der Waals surface area contributed by atoms with Crippen molar-refractivity contribution in [3.63, 3.8) is 0 Å². The predicted octanol–water partition coefficient (Wildman–Crippen LogP) is 2.63. The molecular weight excluding hydrogens is 254 g/mol. The first kappa shape index (κ1) is 14.3. The third-order valence-electron chi connectivity index (χ3n) is 2.84. The minimum absolute atomic E-state index is 0.554. The molecule has 2 aromatic rings. The summed E-state index contributed by atoms with van der Waals surface area (Å²) in [5.41, 5.74) is 2.19. The lowest BCUT2D eigenvalue weighted by molar-refractivity contribution is 0.132. The molecule has 0 atom stereocenters. The van der Waals surface area contributed by atoms with Crippen molar-refractivity contribution in [1.29, 1.82) is 0 Å². The van der Waals surface area contributed by atoms with Crippen molar-refractivity contribution in [3.05, 3.63) is 47.9 Å². The predicted molar refractivity (Wildman–Crippen MR) is 77.7 cm³/mol. The Morgan fingerprint density at radius 3 is 2.85 bits per heavy atom. The number of ether oxygens (including phenoxy) is 2. The van der Waals surface area contributed by atoms with Gasteiger partial charge in [-0.15, -0.1) is 0 Å². The molecule has 0 radical (unpaired) electrons. The fourth-order valence-electron chi connectivity index (χ4n) is 1.85. The molecule has 5 nitrogen and oxygen atoms in total. The molecule has 1 N–H and O–H groups in total. The maximum Gasteiger partial charge on any atom is 0.144 e. The zero-order chi connectivity index (χ0) is 14.2. The topological polar surface area (TPSA) is 56.3 Å². The lowest BCUT2D eigenvalue weighted by atomic mass is 10.1. The Balaban J connectivity index is 2.04. The Hall–Kier alpha value is -2.14. The number of benzene rings is 1. The normalized spacial score (nSPS) is 10.3. The van der Waals surface area contributed by atoms with Gasteiger partial charge >= 0.3 is 0 Å². The van der Waals surface area contributed by atoms with Gasteiger partial charge in [-0.2, -0.15) is 0 Å². The Kier molecular flexibility index (Phi) is 5.32. The Morgan fingerprint density at radius 1 is 1.25 bits per heavy atom. The first-order chi connectivity index (χ1) is 9.83. The van der Waals surface area contributed by atoms with Crippen LogP contribution >= 0.6 is 0 Å². The maximum absolute atomic E-state index is 5.46. The number of rotatable bonds is 7. The molecule has 0 spiro atoms. The molecule has 1 aromatic heterocycles. The summed E-state index contributed by atoms with van der Waals surface area (Å²) < 4.78 is 10.8. The molecule has 20 heavy (non-hydrogen) atoms. The van der Waals surface area contributed by atoms with Crippen LogP contribution in [-0.4, -0.2) is 23.7 Å².